The highest BCUT2D eigenvalue weighted by molar-refractivity contribution is 6.32. The molecule has 2 saturated carbocycles. The number of aromatic hydroxyl groups is 1. The molecule has 0 spiro atoms. The first kappa shape index (κ1) is 30.6. The van der Waals surface area contributed by atoms with Crippen LogP contribution in [0.1, 0.15) is 88.7 Å². The fraction of sp³-hybridized carbons (Fsp3) is 0.594. The van der Waals surface area contributed by atoms with Crippen molar-refractivity contribution in [2.45, 2.75) is 85.7 Å². The van der Waals surface area contributed by atoms with Gasteiger partial charge in [0.2, 0.25) is 0 Å². The van der Waals surface area contributed by atoms with Crippen LogP contribution in [0.4, 0.5) is 0 Å². The molecular formula is C32H38O9. The van der Waals surface area contributed by atoms with Gasteiger partial charge in [0.15, 0.2) is 28.7 Å². The fourth-order valence-electron chi connectivity index (χ4n) is 8.15. The highest BCUT2D eigenvalue weighted by Gasteiger charge is 2.76. The predicted octanol–water partition coefficient (Wildman–Crippen LogP) is 2.96. The molecule has 220 valence electrons. The first-order valence-corrected chi connectivity index (χ1v) is 14.2. The summed E-state index contributed by atoms with van der Waals surface area (Å²) in [4.78, 5) is 91.7. The van der Waals surface area contributed by atoms with Crippen molar-refractivity contribution >= 4 is 40.5 Å². The second kappa shape index (κ2) is 10.2. The maximum atomic E-state index is 14.3. The number of fused-ring (bicyclic) bond motifs is 3. The van der Waals surface area contributed by atoms with Crippen LogP contribution in [0.3, 0.4) is 0 Å². The Balaban J connectivity index is 1.79. The Labute approximate surface area is 239 Å². The van der Waals surface area contributed by atoms with Crippen LogP contribution in [-0.4, -0.2) is 56.3 Å². The van der Waals surface area contributed by atoms with Gasteiger partial charge in [-0.1, -0.05) is 39.8 Å². The molecule has 2 N–H and O–H groups in total. The SMILES string of the molecule is CC(=O)CCCC(=O)Cc1ccc2c(c1O)C(=O)C1C(=O)[C@@]3(O)C(=O)C(C(C)=O)C(=O)C(C(C)C)[C@@]3(C)C[C@@]1(C)C2. The predicted molar refractivity (Wildman–Crippen MR) is 146 cm³/mol. The molecular weight excluding hydrogens is 528 g/mol. The second-order valence-corrected chi connectivity index (χ2v) is 13.2. The smallest absolute Gasteiger partial charge is 0.190 e. The maximum absolute atomic E-state index is 14.3. The van der Waals surface area contributed by atoms with Gasteiger partial charge in [0, 0.05) is 36.2 Å². The Kier molecular flexibility index (Phi) is 7.61. The number of hydrogen-bond acceptors (Lipinski definition) is 9. The number of benzene rings is 1. The van der Waals surface area contributed by atoms with Gasteiger partial charge in [0.1, 0.15) is 29.0 Å². The highest BCUT2D eigenvalue weighted by atomic mass is 16.3. The van der Waals surface area contributed by atoms with Crippen molar-refractivity contribution in [3.8, 4) is 5.75 Å². The topological polar surface area (TPSA) is 160 Å². The van der Waals surface area contributed by atoms with E-state index in [1.807, 2.05) is 0 Å². The standard InChI is InChI=1S/C32H38O9/c1-15(2)23-26(37)21(17(4)34)28(39)32(41)29(40)24-27(38)22-19(13-30(24,5)14-31(23,32)6)11-10-18(25(22)36)12-20(35)9-7-8-16(3)33/h10-11,15,21,23-24,36,41H,7-9,12-14H2,1-6H3/t21?,23?,24?,30-,31-,32+/m1/s1. The van der Waals surface area contributed by atoms with E-state index >= 15 is 0 Å². The van der Waals surface area contributed by atoms with Crippen LogP contribution in [-0.2, 0) is 41.6 Å². The van der Waals surface area contributed by atoms with Gasteiger partial charge < -0.3 is 15.0 Å². The Morgan fingerprint density at radius 1 is 1.00 bits per heavy atom. The molecule has 1 aromatic rings. The van der Waals surface area contributed by atoms with Crippen molar-refractivity contribution in [3.63, 3.8) is 0 Å². The summed E-state index contributed by atoms with van der Waals surface area (Å²) in [6, 6.07) is 3.21. The van der Waals surface area contributed by atoms with Crippen LogP contribution in [0.15, 0.2) is 12.1 Å². The van der Waals surface area contributed by atoms with Crippen molar-refractivity contribution in [3.05, 3.63) is 28.8 Å². The molecule has 0 aromatic heterocycles. The van der Waals surface area contributed by atoms with Crippen molar-refractivity contribution in [2.75, 3.05) is 0 Å². The summed E-state index contributed by atoms with van der Waals surface area (Å²) in [5, 5.41) is 23.2. The number of carbonyl (C=O) groups is 7. The summed E-state index contributed by atoms with van der Waals surface area (Å²) in [7, 11) is 0. The molecule has 0 amide bonds. The number of ketones is 7. The number of phenols is 1. The Morgan fingerprint density at radius 2 is 1.63 bits per heavy atom. The molecule has 3 unspecified atom stereocenters. The summed E-state index contributed by atoms with van der Waals surface area (Å²) in [6.07, 6.45) is 0.737. The average Bonchev–Trinajstić information content (AvgIpc) is 2.82. The number of aliphatic hydroxyl groups is 1. The molecule has 4 rings (SSSR count). The Hall–Kier alpha value is -3.33. The quantitative estimate of drug-likeness (QED) is 0.451. The minimum absolute atomic E-state index is 0.0137. The van der Waals surface area contributed by atoms with Gasteiger partial charge in [-0.3, -0.25) is 28.8 Å². The van der Waals surface area contributed by atoms with Crippen LogP contribution in [0, 0.1) is 34.5 Å². The molecule has 3 aliphatic carbocycles. The Bertz CT molecular complexity index is 1400. The van der Waals surface area contributed by atoms with Crippen molar-refractivity contribution in [1.82, 2.24) is 0 Å². The van der Waals surface area contributed by atoms with Crippen LogP contribution < -0.4 is 0 Å². The van der Waals surface area contributed by atoms with Gasteiger partial charge in [-0.05, 0) is 50.0 Å². The molecule has 0 heterocycles. The van der Waals surface area contributed by atoms with Crippen LogP contribution in [0.5, 0.6) is 5.75 Å². The van der Waals surface area contributed by atoms with E-state index in [2.05, 4.69) is 0 Å². The summed E-state index contributed by atoms with van der Waals surface area (Å²) in [6.45, 7) is 9.23. The molecule has 6 atom stereocenters. The monoisotopic (exact) mass is 566 g/mol. The van der Waals surface area contributed by atoms with Crippen molar-refractivity contribution in [1.29, 1.82) is 0 Å². The van der Waals surface area contributed by atoms with E-state index in [-0.39, 0.29) is 54.8 Å². The lowest BCUT2D eigenvalue weighted by Gasteiger charge is -2.61. The van der Waals surface area contributed by atoms with Crippen LogP contribution in [0.25, 0.3) is 0 Å². The molecule has 41 heavy (non-hydrogen) atoms. The third-order valence-corrected chi connectivity index (χ3v) is 9.71. The average molecular weight is 567 g/mol. The molecule has 0 aliphatic heterocycles. The highest BCUT2D eigenvalue weighted by Crippen LogP contribution is 2.63. The summed E-state index contributed by atoms with van der Waals surface area (Å²) < 4.78 is 0. The first-order valence-electron chi connectivity index (χ1n) is 14.2. The van der Waals surface area contributed by atoms with Gasteiger partial charge in [-0.15, -0.1) is 0 Å². The molecule has 0 saturated heterocycles. The minimum atomic E-state index is -2.75. The molecule has 2 fully saturated rings. The van der Waals surface area contributed by atoms with E-state index in [4.69, 9.17) is 0 Å². The van der Waals surface area contributed by atoms with E-state index in [0.717, 1.165) is 6.92 Å². The van der Waals surface area contributed by atoms with Gasteiger partial charge in [0.05, 0.1) is 11.5 Å². The van der Waals surface area contributed by atoms with Gasteiger partial charge in [0.25, 0.3) is 0 Å². The molecule has 9 heteroatoms. The fourth-order valence-corrected chi connectivity index (χ4v) is 8.15. The third kappa shape index (κ3) is 4.44. The van der Waals surface area contributed by atoms with Gasteiger partial charge in [-0.25, -0.2) is 0 Å². The van der Waals surface area contributed by atoms with Gasteiger partial charge in [-0.2, -0.15) is 0 Å². The van der Waals surface area contributed by atoms with E-state index in [0.29, 0.717) is 12.0 Å². The third-order valence-electron chi connectivity index (χ3n) is 9.71. The summed E-state index contributed by atoms with van der Waals surface area (Å²) >= 11 is 0. The number of phenolic OH excluding ortho intramolecular Hbond substituents is 1. The van der Waals surface area contributed by atoms with E-state index < -0.39 is 74.8 Å². The molecule has 0 bridgehead atoms. The molecule has 3 aliphatic rings. The molecule has 0 radical (unpaired) electrons. The zero-order valence-electron chi connectivity index (χ0n) is 24.5. The van der Waals surface area contributed by atoms with Crippen LogP contribution in [0.2, 0.25) is 0 Å². The normalized spacial score (nSPS) is 32.8. The molecule has 9 nitrogen and oxygen atoms in total. The first-order chi connectivity index (χ1) is 18.9. The molecule has 1 aromatic carbocycles. The second-order valence-electron chi connectivity index (χ2n) is 13.2. The number of carbonyl (C=O) groups excluding carboxylic acids is 7. The zero-order valence-corrected chi connectivity index (χ0v) is 24.5. The van der Waals surface area contributed by atoms with E-state index in [9.17, 15) is 43.8 Å². The lowest BCUT2D eigenvalue weighted by atomic mass is 9.40. The summed E-state index contributed by atoms with van der Waals surface area (Å²) in [5.74, 6) is -9.75. The number of Topliss-reactive ketones (excluding diaryl/α,β-unsaturated/α-hetero) is 7. The van der Waals surface area contributed by atoms with Crippen molar-refractivity contribution < 1.29 is 43.8 Å². The zero-order chi connectivity index (χ0) is 30.8. The maximum Gasteiger partial charge on any atom is 0.190 e. The lowest BCUT2D eigenvalue weighted by Crippen LogP contribution is -2.76. The van der Waals surface area contributed by atoms with Crippen molar-refractivity contribution in [2.24, 2.45) is 34.5 Å². The number of hydrogen-bond donors (Lipinski definition) is 2. The Morgan fingerprint density at radius 3 is 2.20 bits per heavy atom. The largest absolute Gasteiger partial charge is 0.507 e. The van der Waals surface area contributed by atoms with Crippen LogP contribution >= 0.6 is 0 Å². The summed E-state index contributed by atoms with van der Waals surface area (Å²) in [5.41, 5.74) is -4.84. The van der Waals surface area contributed by atoms with E-state index in [1.54, 1.807) is 32.9 Å². The number of rotatable bonds is 8. The lowest BCUT2D eigenvalue weighted by molar-refractivity contribution is -0.205. The minimum Gasteiger partial charge on any atom is -0.507 e. The van der Waals surface area contributed by atoms with E-state index in [1.165, 1.54) is 13.8 Å². The van der Waals surface area contributed by atoms with Gasteiger partial charge >= 0.3 is 0 Å².